The molecule has 0 unspecified atom stereocenters. The average molecular weight is 428 g/mol. The quantitative estimate of drug-likeness (QED) is 0.420. The molecule has 3 rings (SSSR count). The molecular formula is C25H33NO5. The number of rotatable bonds is 10. The molecule has 31 heavy (non-hydrogen) atoms. The third-order valence-electron chi connectivity index (χ3n) is 6.00. The molecule has 168 valence electrons. The van der Waals surface area contributed by atoms with E-state index in [0.717, 1.165) is 44.4 Å². The predicted octanol–water partition coefficient (Wildman–Crippen LogP) is 4.14. The normalized spacial score (nSPS) is 15.3. The Bertz CT molecular complexity index is 882. The molecule has 0 radical (unpaired) electrons. The molecule has 2 aromatic rings. The summed E-state index contributed by atoms with van der Waals surface area (Å²) in [6.45, 7) is 1.40. The Kier molecular flexibility index (Phi) is 8.18. The predicted molar refractivity (Wildman–Crippen MR) is 120 cm³/mol. The highest BCUT2D eigenvalue weighted by atomic mass is 16.5. The summed E-state index contributed by atoms with van der Waals surface area (Å²) in [5.41, 5.74) is 3.30. The maximum Gasteiger partial charge on any atom is 0.338 e. The van der Waals surface area contributed by atoms with E-state index in [0.29, 0.717) is 29.7 Å². The Morgan fingerprint density at radius 1 is 0.968 bits per heavy atom. The van der Waals surface area contributed by atoms with Crippen molar-refractivity contribution in [1.29, 1.82) is 0 Å². The molecule has 0 fully saturated rings. The van der Waals surface area contributed by atoms with E-state index >= 15 is 0 Å². The largest absolute Gasteiger partial charge is 0.497 e. The molecule has 6 nitrogen and oxygen atoms in total. The van der Waals surface area contributed by atoms with Crippen LogP contribution in [0.25, 0.3) is 0 Å². The number of carbonyl (C=O) groups is 1. The zero-order chi connectivity index (χ0) is 22.2. The Morgan fingerprint density at radius 3 is 2.52 bits per heavy atom. The minimum Gasteiger partial charge on any atom is -0.497 e. The first-order chi connectivity index (χ1) is 15.0. The van der Waals surface area contributed by atoms with Crippen LogP contribution >= 0.6 is 0 Å². The van der Waals surface area contributed by atoms with Gasteiger partial charge in [0.2, 0.25) is 0 Å². The summed E-state index contributed by atoms with van der Waals surface area (Å²) in [5, 5.41) is 0. The number of benzene rings is 2. The number of fused-ring (bicyclic) bond motifs is 1. The SMILES string of the molecule is COc1ccc2c(c1)CC[C@@H](N(C)CCCCOC(=O)c1ccc(OC)c(OC)c1)C2. The van der Waals surface area contributed by atoms with Gasteiger partial charge in [0, 0.05) is 6.04 Å². The minimum absolute atomic E-state index is 0.339. The second kappa shape index (κ2) is 11.0. The van der Waals surface area contributed by atoms with E-state index in [4.69, 9.17) is 18.9 Å². The van der Waals surface area contributed by atoms with Gasteiger partial charge in [0.15, 0.2) is 11.5 Å². The Hall–Kier alpha value is -2.73. The highest BCUT2D eigenvalue weighted by Crippen LogP contribution is 2.28. The summed E-state index contributed by atoms with van der Waals surface area (Å²) in [4.78, 5) is 14.7. The first-order valence-corrected chi connectivity index (χ1v) is 10.8. The van der Waals surface area contributed by atoms with Gasteiger partial charge in [0.25, 0.3) is 0 Å². The van der Waals surface area contributed by atoms with Gasteiger partial charge in [-0.15, -0.1) is 0 Å². The first-order valence-electron chi connectivity index (χ1n) is 10.8. The smallest absolute Gasteiger partial charge is 0.338 e. The molecule has 0 bridgehead atoms. The van der Waals surface area contributed by atoms with E-state index in [2.05, 4.69) is 24.1 Å². The van der Waals surface area contributed by atoms with Crippen molar-refractivity contribution in [2.24, 2.45) is 0 Å². The minimum atomic E-state index is -0.339. The van der Waals surface area contributed by atoms with Crippen LogP contribution in [0.5, 0.6) is 17.2 Å². The highest BCUT2D eigenvalue weighted by molar-refractivity contribution is 5.90. The molecule has 1 atom stereocenters. The van der Waals surface area contributed by atoms with Crippen molar-refractivity contribution in [3.05, 3.63) is 53.1 Å². The number of hydrogen-bond acceptors (Lipinski definition) is 6. The number of nitrogens with zero attached hydrogens (tertiary/aromatic N) is 1. The lowest BCUT2D eigenvalue weighted by Gasteiger charge is -2.32. The molecular weight excluding hydrogens is 394 g/mol. The van der Waals surface area contributed by atoms with Gasteiger partial charge >= 0.3 is 5.97 Å². The van der Waals surface area contributed by atoms with Gasteiger partial charge in [-0.25, -0.2) is 4.79 Å². The van der Waals surface area contributed by atoms with Crippen molar-refractivity contribution in [2.45, 2.75) is 38.1 Å². The fraction of sp³-hybridized carbons (Fsp3) is 0.480. The van der Waals surface area contributed by atoms with Crippen molar-refractivity contribution < 1.29 is 23.7 Å². The number of carbonyl (C=O) groups excluding carboxylic acids is 1. The molecule has 1 aliphatic carbocycles. The number of methoxy groups -OCH3 is 3. The van der Waals surface area contributed by atoms with E-state index < -0.39 is 0 Å². The summed E-state index contributed by atoms with van der Waals surface area (Å²) in [5.74, 6) is 1.71. The molecule has 6 heteroatoms. The van der Waals surface area contributed by atoms with Crippen molar-refractivity contribution >= 4 is 5.97 Å². The highest BCUT2D eigenvalue weighted by Gasteiger charge is 2.22. The Labute approximate surface area is 185 Å². The number of aryl methyl sites for hydroxylation is 1. The number of ether oxygens (including phenoxy) is 4. The van der Waals surface area contributed by atoms with E-state index in [1.165, 1.54) is 11.1 Å². The Balaban J connectivity index is 1.39. The van der Waals surface area contributed by atoms with Crippen LogP contribution in [0, 0.1) is 0 Å². The van der Waals surface area contributed by atoms with Gasteiger partial charge in [-0.05, 0) is 87.2 Å². The zero-order valence-electron chi connectivity index (χ0n) is 19.0. The van der Waals surface area contributed by atoms with Gasteiger partial charge < -0.3 is 23.8 Å². The molecule has 0 heterocycles. The van der Waals surface area contributed by atoms with Crippen molar-refractivity contribution in [1.82, 2.24) is 4.90 Å². The second-order valence-electron chi connectivity index (χ2n) is 7.92. The third kappa shape index (κ3) is 5.91. The van der Waals surface area contributed by atoms with Gasteiger partial charge in [-0.3, -0.25) is 0 Å². The fourth-order valence-electron chi connectivity index (χ4n) is 4.07. The summed E-state index contributed by atoms with van der Waals surface area (Å²) in [6.07, 6.45) is 5.14. The lowest BCUT2D eigenvalue weighted by atomic mass is 9.87. The molecule has 0 saturated heterocycles. The van der Waals surface area contributed by atoms with Gasteiger partial charge in [-0.2, -0.15) is 0 Å². The Morgan fingerprint density at radius 2 is 1.77 bits per heavy atom. The number of esters is 1. The lowest BCUT2D eigenvalue weighted by molar-refractivity contribution is 0.0493. The van der Waals surface area contributed by atoms with Crippen LogP contribution in [0.4, 0.5) is 0 Å². The number of unbranched alkanes of at least 4 members (excludes halogenated alkanes) is 1. The zero-order valence-corrected chi connectivity index (χ0v) is 19.0. The monoisotopic (exact) mass is 427 g/mol. The summed E-state index contributed by atoms with van der Waals surface area (Å²) < 4.78 is 21.2. The van der Waals surface area contributed by atoms with E-state index in [1.54, 1.807) is 39.5 Å². The standard InChI is InChI=1S/C25H33NO5/c1-26(21-10-7-19-16-22(28-2)11-8-18(19)15-21)13-5-6-14-31-25(27)20-9-12-23(29-3)24(17-20)30-4/h8-9,11-12,16-17,21H,5-7,10,13-15H2,1-4H3/t21-/m1/s1. The second-order valence-corrected chi connectivity index (χ2v) is 7.92. The average Bonchev–Trinajstić information content (AvgIpc) is 2.82. The summed E-state index contributed by atoms with van der Waals surface area (Å²) >= 11 is 0. The molecule has 0 spiro atoms. The molecule has 2 aromatic carbocycles. The van der Waals surface area contributed by atoms with Crippen LogP contribution in [0.3, 0.4) is 0 Å². The van der Waals surface area contributed by atoms with Gasteiger partial charge in [-0.1, -0.05) is 6.07 Å². The third-order valence-corrected chi connectivity index (χ3v) is 6.00. The lowest BCUT2D eigenvalue weighted by Crippen LogP contribution is -2.37. The molecule has 0 aliphatic heterocycles. The van der Waals surface area contributed by atoms with Crippen LogP contribution in [0.1, 0.15) is 40.7 Å². The van der Waals surface area contributed by atoms with Crippen molar-refractivity contribution in [3.63, 3.8) is 0 Å². The topological polar surface area (TPSA) is 57.2 Å². The van der Waals surface area contributed by atoms with E-state index in [9.17, 15) is 4.79 Å². The van der Waals surface area contributed by atoms with Crippen LogP contribution in [-0.2, 0) is 17.6 Å². The van der Waals surface area contributed by atoms with Crippen molar-refractivity contribution in [2.75, 3.05) is 41.5 Å². The van der Waals surface area contributed by atoms with E-state index in [-0.39, 0.29) is 5.97 Å². The maximum atomic E-state index is 12.3. The number of hydrogen-bond donors (Lipinski definition) is 0. The molecule has 0 aromatic heterocycles. The van der Waals surface area contributed by atoms with Gasteiger partial charge in [0.05, 0.1) is 33.5 Å². The van der Waals surface area contributed by atoms with Crippen LogP contribution in [-0.4, -0.2) is 58.4 Å². The van der Waals surface area contributed by atoms with E-state index in [1.807, 2.05) is 6.07 Å². The molecule has 1 aliphatic rings. The number of likely N-dealkylation sites (N-methyl/N-ethyl adjacent to an activating group) is 1. The fourth-order valence-corrected chi connectivity index (χ4v) is 4.07. The van der Waals surface area contributed by atoms with Crippen LogP contribution in [0.2, 0.25) is 0 Å². The van der Waals surface area contributed by atoms with Crippen LogP contribution < -0.4 is 14.2 Å². The summed E-state index contributed by atoms with van der Waals surface area (Å²) in [7, 11) is 7.02. The molecule has 0 N–H and O–H groups in total. The molecule has 0 amide bonds. The maximum absolute atomic E-state index is 12.3. The van der Waals surface area contributed by atoms with Crippen molar-refractivity contribution in [3.8, 4) is 17.2 Å². The molecule has 0 saturated carbocycles. The summed E-state index contributed by atoms with van der Waals surface area (Å²) in [6, 6.07) is 12.0. The first kappa shape index (κ1) is 22.9. The van der Waals surface area contributed by atoms with Crippen LogP contribution in [0.15, 0.2) is 36.4 Å². The van der Waals surface area contributed by atoms with Gasteiger partial charge in [0.1, 0.15) is 5.75 Å².